The molecule has 2 atom stereocenters. The van der Waals surface area contributed by atoms with Crippen molar-refractivity contribution in [3.8, 4) is 0 Å². The molecule has 0 bridgehead atoms. The van der Waals surface area contributed by atoms with E-state index in [-0.39, 0.29) is 11.2 Å². The molecule has 0 N–H and O–H groups in total. The summed E-state index contributed by atoms with van der Waals surface area (Å²) < 4.78 is 69.5. The first-order valence-electron chi connectivity index (χ1n) is 43.3. The molecule has 0 aromatic carbocycles. The van der Waals surface area contributed by atoms with Crippen molar-refractivity contribution in [2.45, 2.75) is 526 Å². The molecule has 104 heavy (non-hydrogen) atoms. The van der Waals surface area contributed by atoms with E-state index in [2.05, 4.69) is 180 Å². The third-order valence-corrected chi connectivity index (χ3v) is 15.9. The Bertz CT molecular complexity index is 1580. The van der Waals surface area contributed by atoms with Gasteiger partial charge in [0.15, 0.2) is 0 Å². The molecule has 6 rings (SSSR count). The molecular weight excluding hydrogens is 1300 g/mol. The van der Waals surface area contributed by atoms with Gasteiger partial charge in [-0.2, -0.15) is 0 Å². The van der Waals surface area contributed by atoms with Crippen molar-refractivity contribution in [3.05, 3.63) is 0 Å². The maximum Gasteiger partial charge on any atom is 0.0627 e. The quantitative estimate of drug-likeness (QED) is 0.0913. The lowest BCUT2D eigenvalue weighted by Gasteiger charge is -2.25. The van der Waals surface area contributed by atoms with Gasteiger partial charge in [0.05, 0.1) is 115 Å². The predicted octanol–water partition coefficient (Wildman–Crippen LogP) is 26.8. The van der Waals surface area contributed by atoms with Crippen LogP contribution in [-0.2, 0) is 61.6 Å². The highest BCUT2D eigenvalue weighted by molar-refractivity contribution is 4.70. The van der Waals surface area contributed by atoms with Gasteiger partial charge in [0.1, 0.15) is 0 Å². The van der Waals surface area contributed by atoms with Crippen molar-refractivity contribution in [2.75, 3.05) is 53.4 Å². The van der Waals surface area contributed by atoms with Crippen LogP contribution in [-0.4, -0.2) is 162 Å². The molecular formula is C91H196O13. The average Bonchev–Trinajstić information content (AvgIpc) is 1.68. The zero-order valence-corrected chi connectivity index (χ0v) is 77.8. The highest BCUT2D eigenvalue weighted by Crippen LogP contribution is 2.27. The lowest BCUT2D eigenvalue weighted by atomic mass is 9.90. The minimum absolute atomic E-state index is 0.0220. The van der Waals surface area contributed by atoms with E-state index in [0.717, 1.165) is 70.9 Å². The SMILES string of the molecule is CC(C)OC(C)(C)C.CC(C)OC(C)C.CC(C)OC1CCCC1.CC(C)OC1CCCCC1.CC(C)OCC(C)(C)C.CC(C)OCC1CCCC1.CC(C)OCC1CCCCC1.CC1CCCCO1.CC1CCCO1.CCC(C)(C)OC(C)C.CCCOC(C)C.CCOC(C)C.COC(C)C. The predicted molar refractivity (Wildman–Crippen MR) is 455 cm³/mol. The Hall–Kier alpha value is -0.520. The van der Waals surface area contributed by atoms with Gasteiger partial charge in [-0.05, 0) is 335 Å². The van der Waals surface area contributed by atoms with Crippen LogP contribution in [0.15, 0.2) is 0 Å². The Labute approximate surface area is 654 Å². The second kappa shape index (κ2) is 77.8. The lowest BCUT2D eigenvalue weighted by Crippen LogP contribution is -2.26. The molecule has 6 aliphatic rings. The van der Waals surface area contributed by atoms with Gasteiger partial charge in [-0.15, -0.1) is 0 Å². The molecule has 638 valence electrons. The highest BCUT2D eigenvalue weighted by Gasteiger charge is 2.20. The van der Waals surface area contributed by atoms with Crippen LogP contribution in [0, 0.1) is 17.3 Å². The van der Waals surface area contributed by atoms with E-state index in [9.17, 15) is 0 Å². The van der Waals surface area contributed by atoms with Crippen molar-refractivity contribution < 1.29 is 61.6 Å². The normalized spacial score (nSPS) is 18.1. The van der Waals surface area contributed by atoms with Gasteiger partial charge in [-0.1, -0.05) is 98.8 Å². The number of ether oxygens (including phenoxy) is 13. The fourth-order valence-corrected chi connectivity index (χ4v) is 10.9. The Morgan fingerprint density at radius 3 is 0.837 bits per heavy atom. The molecule has 0 aromatic heterocycles. The number of hydrogen-bond donors (Lipinski definition) is 0. The van der Waals surface area contributed by atoms with E-state index in [1.165, 1.54) is 148 Å². The summed E-state index contributed by atoms with van der Waals surface area (Å²) in [7, 11) is 1.70. The Morgan fingerprint density at radius 2 is 0.663 bits per heavy atom. The Kier molecular flexibility index (Phi) is 87.3. The van der Waals surface area contributed by atoms with Crippen LogP contribution in [0.3, 0.4) is 0 Å². The zero-order valence-electron chi connectivity index (χ0n) is 77.8. The van der Waals surface area contributed by atoms with E-state index < -0.39 is 0 Å². The van der Waals surface area contributed by atoms with E-state index >= 15 is 0 Å². The summed E-state index contributed by atoms with van der Waals surface area (Å²) in [6.45, 7) is 83.6. The van der Waals surface area contributed by atoms with Crippen LogP contribution in [0.25, 0.3) is 0 Å². The van der Waals surface area contributed by atoms with Crippen LogP contribution in [0.1, 0.15) is 417 Å². The van der Waals surface area contributed by atoms with E-state index in [1.807, 2.05) is 76.2 Å². The summed E-state index contributed by atoms with van der Waals surface area (Å²) in [6, 6.07) is 0. The van der Waals surface area contributed by atoms with Gasteiger partial charge < -0.3 is 61.6 Å². The van der Waals surface area contributed by atoms with E-state index in [1.54, 1.807) is 7.11 Å². The minimum Gasteiger partial charge on any atom is -0.382 e. The summed E-state index contributed by atoms with van der Waals surface area (Å²) in [6.07, 6.45) is 40.3. The smallest absolute Gasteiger partial charge is 0.0627 e. The topological polar surface area (TPSA) is 120 Å². The second-order valence-electron chi connectivity index (χ2n) is 35.4. The maximum absolute atomic E-state index is 5.69. The fraction of sp³-hybridized carbons (Fsp3) is 1.00. The largest absolute Gasteiger partial charge is 0.382 e. The summed E-state index contributed by atoms with van der Waals surface area (Å²) in [5.74, 6) is 1.74. The molecule has 0 radical (unpaired) electrons. The molecule has 13 nitrogen and oxygen atoms in total. The van der Waals surface area contributed by atoms with Crippen molar-refractivity contribution in [1.29, 1.82) is 0 Å². The molecule has 2 saturated heterocycles. The van der Waals surface area contributed by atoms with Gasteiger partial charge in [-0.25, -0.2) is 0 Å². The Morgan fingerprint density at radius 1 is 0.337 bits per heavy atom. The monoisotopic (exact) mass is 1500 g/mol. The lowest BCUT2D eigenvalue weighted by molar-refractivity contribution is -0.0573. The maximum atomic E-state index is 5.69. The van der Waals surface area contributed by atoms with Gasteiger partial charge in [-0.3, -0.25) is 0 Å². The van der Waals surface area contributed by atoms with Crippen molar-refractivity contribution in [3.63, 3.8) is 0 Å². The standard InChI is InChI=1S/C10H20O.2C9H18O.C8H16O.2C8H18O.C7H16O.C6H12O.2C6H14O.C5H10O.C5H12O.C4H10O/c1-9(2)11-8-10-6-4-3-5-7-10;1-8(2)10-7-9-5-3-4-6-9;1-8(2)10-9-6-4-3-5-7-9;1-7(2)9-8-5-3-4-6-8;1-7(2)9-6-8(3,4)5;1-6-8(4,5)9-7(2)3;1-6(2)8-7(3,4)5;1-6-4-2-3-5-7-6;1-5(2)7-6(3)4;1-4-5-7-6(2)3;1-5-3-2-4-6-5;1-4-6-5(2)3;1-4(2)5-3/h9-10H,3-8H2,1-2H3;2*8-9H,3-7H2,1-2H3;7-8H,3-6H2,1-2H3;2*7H,6H2,1-5H3;6H,1-5H3;6H,2-5H2,1H3;5-6H,1-4H3;6H,4-5H2,1-3H3;5H,2-4H2,1H3;5H,4H2,1-3H3;4H,1-3H3. The molecule has 2 aliphatic heterocycles. The molecule has 4 saturated carbocycles. The van der Waals surface area contributed by atoms with E-state index in [4.69, 9.17) is 61.6 Å². The number of rotatable bonds is 24. The number of methoxy groups -OCH3 is 1. The van der Waals surface area contributed by atoms with Gasteiger partial charge in [0.25, 0.3) is 0 Å². The summed E-state index contributed by atoms with van der Waals surface area (Å²) in [5.41, 5.74) is 0.395. The molecule has 2 heterocycles. The average molecular weight is 1500 g/mol. The Balaban J connectivity index is -0.000000197. The molecule has 2 unspecified atom stereocenters. The zero-order chi connectivity index (χ0) is 81.7. The summed E-state index contributed by atoms with van der Waals surface area (Å²) in [5, 5.41) is 0. The van der Waals surface area contributed by atoms with E-state index in [0.29, 0.717) is 103 Å². The van der Waals surface area contributed by atoms with Crippen molar-refractivity contribution >= 4 is 0 Å². The van der Waals surface area contributed by atoms with Crippen molar-refractivity contribution in [2.24, 2.45) is 17.3 Å². The third-order valence-electron chi connectivity index (χ3n) is 15.9. The summed E-state index contributed by atoms with van der Waals surface area (Å²) >= 11 is 0. The molecule has 0 amide bonds. The van der Waals surface area contributed by atoms with Gasteiger partial charge in [0.2, 0.25) is 0 Å². The highest BCUT2D eigenvalue weighted by atomic mass is 16.5. The van der Waals surface area contributed by atoms with Crippen LogP contribution in [0.4, 0.5) is 0 Å². The molecule has 6 fully saturated rings. The second-order valence-corrected chi connectivity index (χ2v) is 35.4. The molecule has 0 aromatic rings. The first kappa shape index (κ1) is 117. The van der Waals surface area contributed by atoms with Crippen LogP contribution >= 0.6 is 0 Å². The van der Waals surface area contributed by atoms with Crippen molar-refractivity contribution in [1.82, 2.24) is 0 Å². The fourth-order valence-electron chi connectivity index (χ4n) is 10.9. The number of hydrogen-bond acceptors (Lipinski definition) is 13. The van der Waals surface area contributed by atoms with Gasteiger partial charge >= 0.3 is 0 Å². The molecule has 4 aliphatic carbocycles. The van der Waals surface area contributed by atoms with Crippen LogP contribution in [0.5, 0.6) is 0 Å². The van der Waals surface area contributed by atoms with Gasteiger partial charge in [0, 0.05) is 46.8 Å². The van der Waals surface area contributed by atoms with Crippen LogP contribution in [0.2, 0.25) is 0 Å². The first-order valence-corrected chi connectivity index (χ1v) is 43.3. The minimum atomic E-state index is 0.0220. The molecule has 13 heteroatoms. The summed E-state index contributed by atoms with van der Waals surface area (Å²) in [4.78, 5) is 0. The molecule has 0 spiro atoms. The third kappa shape index (κ3) is 115. The first-order chi connectivity index (χ1) is 48.2. The van der Waals surface area contributed by atoms with Crippen LogP contribution < -0.4 is 0 Å².